The summed E-state index contributed by atoms with van der Waals surface area (Å²) in [5, 5.41) is 0. The predicted octanol–water partition coefficient (Wildman–Crippen LogP) is 3.04. The fraction of sp³-hybridized carbons (Fsp3) is 0. The molecule has 0 aliphatic rings. The van der Waals surface area contributed by atoms with Crippen LogP contribution in [0.25, 0.3) is 0 Å². The van der Waals surface area contributed by atoms with Gasteiger partial charge in [0.15, 0.2) is 6.29 Å². The summed E-state index contributed by atoms with van der Waals surface area (Å²) >= 11 is 0. The minimum atomic E-state index is -0.288. The van der Waals surface area contributed by atoms with E-state index in [9.17, 15) is 9.18 Å². The highest BCUT2D eigenvalue weighted by atomic mass is 19.1. The average Bonchev–Trinajstić information content (AvgIpc) is 2.38. The van der Waals surface area contributed by atoms with Crippen molar-refractivity contribution in [3.05, 3.63) is 71.0 Å². The maximum Gasteiger partial charge on any atom is 0.151 e. The fourth-order valence-electron chi connectivity index (χ4n) is 1.39. The number of hydrogen-bond donors (Lipinski definition) is 0. The Morgan fingerprint density at radius 2 is 1.65 bits per heavy atom. The van der Waals surface area contributed by atoms with E-state index in [2.05, 4.69) is 11.8 Å². The second kappa shape index (κ2) is 5.09. The van der Waals surface area contributed by atoms with E-state index in [1.807, 2.05) is 6.07 Å². The molecule has 0 N–H and O–H groups in total. The summed E-state index contributed by atoms with van der Waals surface area (Å²) in [7, 11) is 0. The summed E-state index contributed by atoms with van der Waals surface area (Å²) in [4.78, 5) is 10.8. The van der Waals surface area contributed by atoms with Crippen LogP contribution in [0.4, 0.5) is 4.39 Å². The zero-order chi connectivity index (χ0) is 12.1. The first-order chi connectivity index (χ1) is 8.29. The van der Waals surface area contributed by atoms with Crippen molar-refractivity contribution < 1.29 is 9.18 Å². The van der Waals surface area contributed by atoms with Crippen LogP contribution < -0.4 is 0 Å². The first-order valence-corrected chi connectivity index (χ1v) is 5.11. The molecule has 2 aromatic rings. The maximum atomic E-state index is 12.7. The van der Waals surface area contributed by atoms with Crippen LogP contribution in [0.5, 0.6) is 0 Å². The van der Waals surface area contributed by atoms with Crippen LogP contribution >= 0.6 is 0 Å². The zero-order valence-corrected chi connectivity index (χ0v) is 8.98. The third-order valence-electron chi connectivity index (χ3n) is 2.27. The number of halogens is 1. The molecule has 0 heterocycles. The molecule has 0 unspecified atom stereocenters. The summed E-state index contributed by atoms with van der Waals surface area (Å²) in [5.74, 6) is 5.50. The average molecular weight is 224 g/mol. The van der Waals surface area contributed by atoms with Gasteiger partial charge in [-0.3, -0.25) is 4.79 Å². The van der Waals surface area contributed by atoms with Gasteiger partial charge in [-0.2, -0.15) is 0 Å². The molecule has 0 radical (unpaired) electrons. The quantitative estimate of drug-likeness (QED) is 0.537. The predicted molar refractivity (Wildman–Crippen MR) is 64.2 cm³/mol. The van der Waals surface area contributed by atoms with E-state index in [4.69, 9.17) is 0 Å². The van der Waals surface area contributed by atoms with Crippen LogP contribution in [0.15, 0.2) is 48.5 Å². The Bertz CT molecular complexity index is 588. The lowest BCUT2D eigenvalue weighted by molar-refractivity contribution is 0.112. The molecule has 0 spiro atoms. The fourth-order valence-corrected chi connectivity index (χ4v) is 1.39. The summed E-state index contributed by atoms with van der Waals surface area (Å²) < 4.78 is 12.7. The Kier molecular flexibility index (Phi) is 3.32. The number of carbonyl (C=O) groups excluding carboxylic acids is 1. The van der Waals surface area contributed by atoms with Gasteiger partial charge < -0.3 is 0 Å². The van der Waals surface area contributed by atoms with E-state index in [-0.39, 0.29) is 5.82 Å². The highest BCUT2D eigenvalue weighted by molar-refractivity contribution is 5.79. The molecular weight excluding hydrogens is 215 g/mol. The molecule has 0 aromatic heterocycles. The van der Waals surface area contributed by atoms with Gasteiger partial charge in [0.25, 0.3) is 0 Å². The highest BCUT2D eigenvalue weighted by Gasteiger charge is 1.95. The Morgan fingerprint density at radius 3 is 2.35 bits per heavy atom. The second-order valence-corrected chi connectivity index (χ2v) is 3.46. The van der Waals surface area contributed by atoms with E-state index in [1.54, 1.807) is 30.3 Å². The first-order valence-electron chi connectivity index (χ1n) is 5.11. The molecule has 0 amide bonds. The second-order valence-electron chi connectivity index (χ2n) is 3.46. The van der Waals surface area contributed by atoms with Crippen LogP contribution in [0.1, 0.15) is 21.5 Å². The Morgan fingerprint density at radius 1 is 0.941 bits per heavy atom. The molecular formula is C15H9FO. The van der Waals surface area contributed by atoms with Gasteiger partial charge in [-0.15, -0.1) is 0 Å². The molecule has 82 valence electrons. The van der Waals surface area contributed by atoms with E-state index >= 15 is 0 Å². The number of hydrogen-bond acceptors (Lipinski definition) is 1. The van der Waals surface area contributed by atoms with Crippen LogP contribution in [0.2, 0.25) is 0 Å². The molecule has 0 saturated carbocycles. The summed E-state index contributed by atoms with van der Waals surface area (Å²) in [6, 6.07) is 13.0. The van der Waals surface area contributed by atoms with Crippen molar-refractivity contribution in [2.24, 2.45) is 0 Å². The standard InChI is InChI=1S/C15H9FO/c16-15-9-6-12(7-10-15)5-8-13-3-1-2-4-14(13)11-17/h1-4,6-7,9-11H. The Labute approximate surface area is 98.9 Å². The third kappa shape index (κ3) is 2.79. The molecule has 1 nitrogen and oxygen atoms in total. The number of benzene rings is 2. The summed E-state index contributed by atoms with van der Waals surface area (Å²) in [6.45, 7) is 0. The monoisotopic (exact) mass is 224 g/mol. The Balaban J connectivity index is 2.32. The van der Waals surface area contributed by atoms with Crippen molar-refractivity contribution in [1.29, 1.82) is 0 Å². The molecule has 2 rings (SSSR count). The van der Waals surface area contributed by atoms with Gasteiger partial charge in [-0.25, -0.2) is 4.39 Å². The van der Waals surface area contributed by atoms with Crippen molar-refractivity contribution >= 4 is 6.29 Å². The molecule has 0 aliphatic heterocycles. The molecule has 2 heteroatoms. The Hall–Kier alpha value is -2.40. The normalized spacial score (nSPS) is 9.24. The van der Waals surface area contributed by atoms with E-state index < -0.39 is 0 Å². The van der Waals surface area contributed by atoms with Gasteiger partial charge in [-0.1, -0.05) is 30.0 Å². The zero-order valence-electron chi connectivity index (χ0n) is 8.98. The van der Waals surface area contributed by atoms with Gasteiger partial charge in [-0.05, 0) is 30.3 Å². The summed E-state index contributed by atoms with van der Waals surface area (Å²) in [6.07, 6.45) is 0.772. The van der Waals surface area contributed by atoms with Crippen molar-refractivity contribution in [1.82, 2.24) is 0 Å². The molecule has 0 bridgehead atoms. The molecule has 17 heavy (non-hydrogen) atoms. The van der Waals surface area contributed by atoms with Gasteiger partial charge in [0.2, 0.25) is 0 Å². The molecule has 0 atom stereocenters. The molecule has 0 saturated heterocycles. The van der Waals surface area contributed by atoms with Gasteiger partial charge in [0, 0.05) is 16.7 Å². The number of rotatable bonds is 1. The molecule has 0 aliphatic carbocycles. The summed E-state index contributed by atoms with van der Waals surface area (Å²) in [5.41, 5.74) is 1.95. The van der Waals surface area contributed by atoms with Crippen molar-refractivity contribution in [3.63, 3.8) is 0 Å². The van der Waals surface area contributed by atoms with Gasteiger partial charge >= 0.3 is 0 Å². The van der Waals surface area contributed by atoms with Crippen molar-refractivity contribution in [3.8, 4) is 11.8 Å². The SMILES string of the molecule is O=Cc1ccccc1C#Cc1ccc(F)cc1. The van der Waals surface area contributed by atoms with Crippen LogP contribution in [-0.4, -0.2) is 6.29 Å². The van der Waals surface area contributed by atoms with E-state index in [1.165, 1.54) is 12.1 Å². The lowest BCUT2D eigenvalue weighted by atomic mass is 10.1. The topological polar surface area (TPSA) is 17.1 Å². The third-order valence-corrected chi connectivity index (χ3v) is 2.27. The van der Waals surface area contributed by atoms with Crippen LogP contribution in [0.3, 0.4) is 0 Å². The van der Waals surface area contributed by atoms with Crippen molar-refractivity contribution in [2.75, 3.05) is 0 Å². The largest absolute Gasteiger partial charge is 0.298 e. The number of carbonyl (C=O) groups is 1. The molecule has 2 aromatic carbocycles. The van der Waals surface area contributed by atoms with Gasteiger partial charge in [0.05, 0.1) is 0 Å². The maximum absolute atomic E-state index is 12.7. The minimum absolute atomic E-state index is 0.288. The highest BCUT2D eigenvalue weighted by Crippen LogP contribution is 2.05. The smallest absolute Gasteiger partial charge is 0.151 e. The van der Waals surface area contributed by atoms with E-state index in [0.717, 1.165) is 6.29 Å². The lowest BCUT2D eigenvalue weighted by Crippen LogP contribution is -1.85. The number of aldehydes is 1. The molecule has 0 fully saturated rings. The minimum Gasteiger partial charge on any atom is -0.298 e. The van der Waals surface area contributed by atoms with Crippen molar-refractivity contribution in [2.45, 2.75) is 0 Å². The van der Waals surface area contributed by atoms with Crippen LogP contribution in [0, 0.1) is 17.7 Å². The van der Waals surface area contributed by atoms with E-state index in [0.29, 0.717) is 16.7 Å². The lowest BCUT2D eigenvalue weighted by Gasteiger charge is -1.94. The van der Waals surface area contributed by atoms with Gasteiger partial charge in [0.1, 0.15) is 5.82 Å². The first kappa shape index (κ1) is 11.1. The van der Waals surface area contributed by atoms with Crippen LogP contribution in [-0.2, 0) is 0 Å².